The van der Waals surface area contributed by atoms with Gasteiger partial charge in [0.2, 0.25) is 5.91 Å². The van der Waals surface area contributed by atoms with Gasteiger partial charge in [-0.25, -0.2) is 0 Å². The Morgan fingerprint density at radius 2 is 2.21 bits per heavy atom. The van der Waals surface area contributed by atoms with Gasteiger partial charge < -0.3 is 4.90 Å². The van der Waals surface area contributed by atoms with Crippen LogP contribution in [-0.4, -0.2) is 22.4 Å². The molecule has 1 heterocycles. The van der Waals surface area contributed by atoms with Crippen molar-refractivity contribution in [3.05, 3.63) is 34.9 Å². The summed E-state index contributed by atoms with van der Waals surface area (Å²) in [5, 5.41) is 0.734. The first-order valence-electron chi connectivity index (χ1n) is 4.36. The van der Waals surface area contributed by atoms with Crippen molar-refractivity contribution in [1.29, 1.82) is 0 Å². The lowest BCUT2D eigenvalue weighted by molar-refractivity contribution is -0.127. The molecular formula is C10H10ClNOS. The zero-order valence-corrected chi connectivity index (χ0v) is 9.14. The van der Waals surface area contributed by atoms with E-state index in [4.69, 9.17) is 11.6 Å². The molecule has 0 aromatic heterocycles. The second-order valence-corrected chi connectivity index (χ2v) is 4.52. The Balaban J connectivity index is 2.10. The van der Waals surface area contributed by atoms with Crippen LogP contribution >= 0.6 is 23.4 Å². The molecule has 0 atom stereocenters. The number of hydrogen-bond acceptors (Lipinski definition) is 2. The zero-order valence-electron chi connectivity index (χ0n) is 7.57. The average Bonchev–Trinajstić information content (AvgIpc) is 2.56. The number of carbonyl (C=O) groups is 1. The number of halogens is 1. The molecule has 2 rings (SSSR count). The highest BCUT2D eigenvalue weighted by Gasteiger charge is 2.20. The van der Waals surface area contributed by atoms with E-state index in [1.807, 2.05) is 29.2 Å². The molecule has 74 valence electrons. The van der Waals surface area contributed by atoms with Crippen LogP contribution < -0.4 is 0 Å². The first-order chi connectivity index (χ1) is 6.77. The molecule has 14 heavy (non-hydrogen) atoms. The van der Waals surface area contributed by atoms with Gasteiger partial charge in [-0.3, -0.25) is 4.79 Å². The smallest absolute Gasteiger partial charge is 0.233 e. The van der Waals surface area contributed by atoms with Gasteiger partial charge in [-0.05, 0) is 11.6 Å². The summed E-state index contributed by atoms with van der Waals surface area (Å²) < 4.78 is 0. The van der Waals surface area contributed by atoms with Crippen LogP contribution in [0, 0.1) is 0 Å². The van der Waals surface area contributed by atoms with Crippen molar-refractivity contribution < 1.29 is 4.79 Å². The molecule has 1 aliphatic rings. The molecule has 0 unspecified atom stereocenters. The summed E-state index contributed by atoms with van der Waals surface area (Å²) in [5.41, 5.74) is 1.02. The van der Waals surface area contributed by atoms with E-state index < -0.39 is 0 Å². The fourth-order valence-corrected chi connectivity index (χ4v) is 2.47. The summed E-state index contributed by atoms with van der Waals surface area (Å²) >= 11 is 7.65. The molecule has 1 aromatic rings. The Morgan fingerprint density at radius 1 is 1.43 bits per heavy atom. The SMILES string of the molecule is O=C1CSCN1Cc1ccccc1Cl. The predicted octanol–water partition coefficient (Wildman–Crippen LogP) is 2.37. The topological polar surface area (TPSA) is 20.3 Å². The fraction of sp³-hybridized carbons (Fsp3) is 0.300. The second kappa shape index (κ2) is 4.24. The van der Waals surface area contributed by atoms with Gasteiger partial charge in [0.1, 0.15) is 0 Å². The minimum atomic E-state index is 0.204. The molecule has 4 heteroatoms. The molecule has 0 aliphatic carbocycles. The maximum absolute atomic E-state index is 11.4. The highest BCUT2D eigenvalue weighted by Crippen LogP contribution is 2.21. The molecule has 1 aromatic carbocycles. The van der Waals surface area contributed by atoms with E-state index in [0.717, 1.165) is 16.5 Å². The van der Waals surface area contributed by atoms with Crippen molar-refractivity contribution >= 4 is 29.3 Å². The summed E-state index contributed by atoms with van der Waals surface area (Å²) in [6, 6.07) is 7.64. The fourth-order valence-electron chi connectivity index (χ4n) is 1.37. The first-order valence-corrected chi connectivity index (χ1v) is 5.89. The quantitative estimate of drug-likeness (QED) is 0.773. The Labute approximate surface area is 92.2 Å². The lowest BCUT2D eigenvalue weighted by Crippen LogP contribution is -2.24. The summed E-state index contributed by atoms with van der Waals surface area (Å²) in [6.45, 7) is 0.630. The second-order valence-electron chi connectivity index (χ2n) is 3.16. The van der Waals surface area contributed by atoms with Crippen LogP contribution in [0.2, 0.25) is 5.02 Å². The van der Waals surface area contributed by atoms with Crippen LogP contribution in [0.3, 0.4) is 0 Å². The largest absolute Gasteiger partial charge is 0.328 e. The van der Waals surface area contributed by atoms with Crippen LogP contribution in [0.25, 0.3) is 0 Å². The minimum absolute atomic E-state index is 0.204. The number of rotatable bonds is 2. The van der Waals surface area contributed by atoms with E-state index in [2.05, 4.69) is 0 Å². The van der Waals surface area contributed by atoms with Gasteiger partial charge >= 0.3 is 0 Å². The molecular weight excluding hydrogens is 218 g/mol. The van der Waals surface area contributed by atoms with E-state index in [-0.39, 0.29) is 5.91 Å². The van der Waals surface area contributed by atoms with Gasteiger partial charge in [0, 0.05) is 11.6 Å². The molecule has 1 fully saturated rings. The highest BCUT2D eigenvalue weighted by molar-refractivity contribution is 8.00. The van der Waals surface area contributed by atoms with Crippen molar-refractivity contribution in [3.63, 3.8) is 0 Å². The Hall–Kier alpha value is -0.670. The highest BCUT2D eigenvalue weighted by atomic mass is 35.5. The van der Waals surface area contributed by atoms with Crippen molar-refractivity contribution in [1.82, 2.24) is 4.90 Å². The third-order valence-corrected chi connectivity index (χ3v) is 3.46. The lowest BCUT2D eigenvalue weighted by Gasteiger charge is -2.15. The summed E-state index contributed by atoms with van der Waals surface area (Å²) in [4.78, 5) is 13.2. The maximum Gasteiger partial charge on any atom is 0.233 e. The van der Waals surface area contributed by atoms with E-state index in [1.54, 1.807) is 11.8 Å². The normalized spacial score (nSPS) is 16.4. The van der Waals surface area contributed by atoms with Crippen molar-refractivity contribution in [2.75, 3.05) is 11.6 Å². The van der Waals surface area contributed by atoms with E-state index in [1.165, 1.54) is 0 Å². The average molecular weight is 228 g/mol. The van der Waals surface area contributed by atoms with Crippen LogP contribution in [0.1, 0.15) is 5.56 Å². The zero-order chi connectivity index (χ0) is 9.97. The Kier molecular flexibility index (Phi) is 2.99. The molecule has 0 N–H and O–H groups in total. The van der Waals surface area contributed by atoms with Gasteiger partial charge in [-0.1, -0.05) is 29.8 Å². The standard InChI is InChI=1S/C10H10ClNOS/c11-9-4-2-1-3-8(9)5-12-7-14-6-10(12)13/h1-4H,5-7H2. The van der Waals surface area contributed by atoms with E-state index in [9.17, 15) is 4.79 Å². The van der Waals surface area contributed by atoms with Crippen LogP contribution in [-0.2, 0) is 11.3 Å². The Morgan fingerprint density at radius 3 is 2.86 bits per heavy atom. The molecule has 0 spiro atoms. The Bertz CT molecular complexity index is 356. The van der Waals surface area contributed by atoms with Gasteiger partial charge in [-0.15, -0.1) is 11.8 Å². The van der Waals surface area contributed by atoms with Gasteiger partial charge in [0.15, 0.2) is 0 Å². The molecule has 1 aliphatic heterocycles. The maximum atomic E-state index is 11.4. The van der Waals surface area contributed by atoms with Crippen molar-refractivity contribution in [3.8, 4) is 0 Å². The van der Waals surface area contributed by atoms with Gasteiger partial charge in [0.05, 0.1) is 11.6 Å². The molecule has 0 saturated carbocycles. The summed E-state index contributed by atoms with van der Waals surface area (Å²) in [7, 11) is 0. The van der Waals surface area contributed by atoms with Crippen LogP contribution in [0.15, 0.2) is 24.3 Å². The van der Waals surface area contributed by atoms with Crippen molar-refractivity contribution in [2.45, 2.75) is 6.54 Å². The first kappa shape index (κ1) is 9.87. The third kappa shape index (κ3) is 2.04. The lowest BCUT2D eigenvalue weighted by atomic mass is 10.2. The molecule has 1 amide bonds. The van der Waals surface area contributed by atoms with Crippen LogP contribution in [0.4, 0.5) is 0 Å². The number of amides is 1. The third-order valence-electron chi connectivity index (χ3n) is 2.14. The van der Waals surface area contributed by atoms with E-state index >= 15 is 0 Å². The summed E-state index contributed by atoms with van der Waals surface area (Å²) in [5.74, 6) is 1.59. The van der Waals surface area contributed by atoms with Gasteiger partial charge in [-0.2, -0.15) is 0 Å². The number of benzene rings is 1. The number of nitrogens with zero attached hydrogens (tertiary/aromatic N) is 1. The number of hydrogen-bond donors (Lipinski definition) is 0. The molecule has 0 radical (unpaired) electrons. The minimum Gasteiger partial charge on any atom is -0.328 e. The molecule has 2 nitrogen and oxygen atoms in total. The monoisotopic (exact) mass is 227 g/mol. The van der Waals surface area contributed by atoms with Gasteiger partial charge in [0.25, 0.3) is 0 Å². The molecule has 0 bridgehead atoms. The molecule has 1 saturated heterocycles. The predicted molar refractivity (Wildman–Crippen MR) is 59.3 cm³/mol. The summed E-state index contributed by atoms with van der Waals surface area (Å²) in [6.07, 6.45) is 0. The van der Waals surface area contributed by atoms with E-state index in [0.29, 0.717) is 12.3 Å². The number of thioether (sulfide) groups is 1. The van der Waals surface area contributed by atoms with Crippen LogP contribution in [0.5, 0.6) is 0 Å². The number of carbonyl (C=O) groups excluding carboxylic acids is 1. The van der Waals surface area contributed by atoms with Crippen molar-refractivity contribution in [2.24, 2.45) is 0 Å².